The SMILES string of the molecule is O=C(c1cccc(F)c1)N1CC2(C1)[C@H](c1ccccc1)[C@@H](CO)N2C(=O)C1CC1. The molecule has 6 heteroatoms. The van der Waals surface area contributed by atoms with Crippen LogP contribution in [0.5, 0.6) is 0 Å². The van der Waals surface area contributed by atoms with Crippen molar-refractivity contribution in [1.82, 2.24) is 9.80 Å². The Morgan fingerprint density at radius 2 is 1.79 bits per heavy atom. The van der Waals surface area contributed by atoms with Gasteiger partial charge in [0, 0.05) is 30.5 Å². The summed E-state index contributed by atoms with van der Waals surface area (Å²) in [5, 5.41) is 10.1. The lowest BCUT2D eigenvalue weighted by molar-refractivity contribution is -0.194. The van der Waals surface area contributed by atoms with Crippen molar-refractivity contribution >= 4 is 11.8 Å². The monoisotopic (exact) mass is 394 g/mol. The maximum absolute atomic E-state index is 13.5. The molecule has 2 heterocycles. The smallest absolute Gasteiger partial charge is 0.254 e. The molecule has 0 bridgehead atoms. The van der Waals surface area contributed by atoms with Crippen molar-refractivity contribution in [3.63, 3.8) is 0 Å². The van der Waals surface area contributed by atoms with E-state index in [1.807, 2.05) is 35.2 Å². The van der Waals surface area contributed by atoms with Crippen LogP contribution in [0.15, 0.2) is 54.6 Å². The predicted octanol–water partition coefficient (Wildman–Crippen LogP) is 2.42. The molecule has 5 rings (SSSR count). The molecule has 2 aromatic carbocycles. The molecule has 0 aromatic heterocycles. The Morgan fingerprint density at radius 1 is 1.07 bits per heavy atom. The molecule has 150 valence electrons. The summed E-state index contributed by atoms with van der Waals surface area (Å²) in [4.78, 5) is 29.3. The summed E-state index contributed by atoms with van der Waals surface area (Å²) in [5.74, 6) is -0.552. The number of aliphatic hydroxyl groups is 1. The fourth-order valence-electron chi connectivity index (χ4n) is 5.11. The van der Waals surface area contributed by atoms with E-state index in [4.69, 9.17) is 0 Å². The van der Waals surface area contributed by atoms with Gasteiger partial charge in [0.15, 0.2) is 0 Å². The number of rotatable bonds is 4. The molecule has 2 aromatic rings. The molecule has 29 heavy (non-hydrogen) atoms. The molecule has 3 fully saturated rings. The van der Waals surface area contributed by atoms with Gasteiger partial charge in [0.05, 0.1) is 18.2 Å². The van der Waals surface area contributed by atoms with Crippen LogP contribution in [0.25, 0.3) is 0 Å². The maximum atomic E-state index is 13.5. The number of likely N-dealkylation sites (tertiary alicyclic amines) is 2. The van der Waals surface area contributed by atoms with E-state index in [2.05, 4.69) is 0 Å². The Hall–Kier alpha value is -2.73. The molecule has 2 atom stereocenters. The molecule has 0 radical (unpaired) electrons. The van der Waals surface area contributed by atoms with Crippen molar-refractivity contribution in [2.75, 3.05) is 19.7 Å². The molecule has 1 aliphatic carbocycles. The zero-order valence-corrected chi connectivity index (χ0v) is 16.0. The number of carbonyl (C=O) groups excluding carboxylic acids is 2. The molecule has 5 nitrogen and oxygen atoms in total. The molecule has 2 saturated heterocycles. The second kappa shape index (κ2) is 6.66. The fraction of sp³-hybridized carbons (Fsp3) is 0.391. The standard InChI is InChI=1S/C23H23FN2O3/c24-18-8-4-7-17(11-18)21(28)25-13-23(14-25)20(15-5-2-1-3-6-15)19(12-27)26(23)22(29)16-9-10-16/h1-8,11,16,19-20,27H,9-10,12-14H2/t19-,20-/m1/s1. The largest absolute Gasteiger partial charge is 0.394 e. The number of hydrogen-bond donors (Lipinski definition) is 1. The van der Waals surface area contributed by atoms with Crippen LogP contribution < -0.4 is 0 Å². The number of carbonyl (C=O) groups is 2. The molecule has 1 spiro atoms. The minimum atomic E-state index is -0.489. The van der Waals surface area contributed by atoms with E-state index in [0.29, 0.717) is 18.7 Å². The third-order valence-corrected chi connectivity index (χ3v) is 6.57. The van der Waals surface area contributed by atoms with Crippen LogP contribution in [-0.4, -0.2) is 58.0 Å². The first-order valence-corrected chi connectivity index (χ1v) is 10.1. The number of halogens is 1. The third-order valence-electron chi connectivity index (χ3n) is 6.57. The summed E-state index contributed by atoms with van der Waals surface area (Å²) in [6.45, 7) is 0.700. The maximum Gasteiger partial charge on any atom is 0.254 e. The number of aliphatic hydroxyl groups excluding tert-OH is 1. The first-order chi connectivity index (χ1) is 14.0. The van der Waals surface area contributed by atoms with Crippen molar-refractivity contribution in [2.24, 2.45) is 5.92 Å². The number of amides is 2. The number of nitrogens with zero attached hydrogens (tertiary/aromatic N) is 2. The second-order valence-electron chi connectivity index (χ2n) is 8.40. The fourth-order valence-corrected chi connectivity index (χ4v) is 5.11. The van der Waals surface area contributed by atoms with Gasteiger partial charge in [-0.05, 0) is 36.6 Å². The molecular weight excluding hydrogens is 371 g/mol. The Balaban J connectivity index is 1.44. The van der Waals surface area contributed by atoms with Crippen molar-refractivity contribution in [2.45, 2.75) is 30.3 Å². The van der Waals surface area contributed by atoms with Gasteiger partial charge in [0.25, 0.3) is 5.91 Å². The van der Waals surface area contributed by atoms with Gasteiger partial charge in [0.1, 0.15) is 5.82 Å². The number of hydrogen-bond acceptors (Lipinski definition) is 3. The summed E-state index contributed by atoms with van der Waals surface area (Å²) in [7, 11) is 0. The Bertz CT molecular complexity index is 954. The predicted molar refractivity (Wildman–Crippen MR) is 105 cm³/mol. The third kappa shape index (κ3) is 2.77. The van der Waals surface area contributed by atoms with Crippen LogP contribution in [0.4, 0.5) is 4.39 Å². The van der Waals surface area contributed by atoms with Gasteiger partial charge in [-0.1, -0.05) is 36.4 Å². The van der Waals surface area contributed by atoms with Crippen LogP contribution in [0.2, 0.25) is 0 Å². The van der Waals surface area contributed by atoms with E-state index in [9.17, 15) is 19.1 Å². The van der Waals surface area contributed by atoms with Crippen LogP contribution >= 0.6 is 0 Å². The summed E-state index contributed by atoms with van der Waals surface area (Å²) in [5.41, 5.74) is 0.899. The lowest BCUT2D eigenvalue weighted by atomic mass is 9.60. The Labute approximate surface area is 168 Å². The first-order valence-electron chi connectivity index (χ1n) is 10.1. The van der Waals surface area contributed by atoms with Crippen molar-refractivity contribution < 1.29 is 19.1 Å². The lowest BCUT2D eigenvalue weighted by Gasteiger charge is -2.70. The van der Waals surface area contributed by atoms with Crippen LogP contribution in [0.1, 0.15) is 34.7 Å². The molecule has 3 aliphatic rings. The van der Waals surface area contributed by atoms with E-state index in [0.717, 1.165) is 18.4 Å². The van der Waals surface area contributed by atoms with Gasteiger partial charge in [-0.2, -0.15) is 0 Å². The molecule has 1 N–H and O–H groups in total. The van der Waals surface area contributed by atoms with Gasteiger partial charge >= 0.3 is 0 Å². The van der Waals surface area contributed by atoms with E-state index < -0.39 is 11.4 Å². The van der Waals surface area contributed by atoms with Crippen molar-refractivity contribution in [3.05, 3.63) is 71.5 Å². The Morgan fingerprint density at radius 3 is 2.41 bits per heavy atom. The molecule has 0 unspecified atom stereocenters. The normalized spacial score (nSPS) is 24.8. The van der Waals surface area contributed by atoms with E-state index >= 15 is 0 Å². The zero-order valence-electron chi connectivity index (χ0n) is 16.0. The number of benzene rings is 2. The minimum absolute atomic E-state index is 0.0204. The summed E-state index contributed by atoms with van der Waals surface area (Å²) in [6.07, 6.45) is 1.79. The quantitative estimate of drug-likeness (QED) is 0.867. The van der Waals surface area contributed by atoms with Gasteiger partial charge in [-0.25, -0.2) is 4.39 Å². The molecule has 2 aliphatic heterocycles. The van der Waals surface area contributed by atoms with Gasteiger partial charge in [-0.3, -0.25) is 9.59 Å². The van der Waals surface area contributed by atoms with E-state index in [1.165, 1.54) is 18.2 Å². The van der Waals surface area contributed by atoms with Gasteiger partial charge < -0.3 is 14.9 Å². The average molecular weight is 394 g/mol. The second-order valence-corrected chi connectivity index (χ2v) is 8.40. The van der Waals surface area contributed by atoms with Crippen LogP contribution in [-0.2, 0) is 4.79 Å². The highest BCUT2D eigenvalue weighted by molar-refractivity contribution is 5.95. The topological polar surface area (TPSA) is 60.9 Å². The summed E-state index contributed by atoms with van der Waals surface area (Å²) < 4.78 is 13.5. The van der Waals surface area contributed by atoms with E-state index in [-0.39, 0.29) is 36.3 Å². The Kier molecular flexibility index (Phi) is 4.21. The summed E-state index contributed by atoms with van der Waals surface area (Å²) >= 11 is 0. The molecular formula is C23H23FN2O3. The van der Waals surface area contributed by atoms with Crippen LogP contribution in [0.3, 0.4) is 0 Å². The zero-order chi connectivity index (χ0) is 20.2. The average Bonchev–Trinajstić information content (AvgIpc) is 3.52. The molecule has 2 amide bonds. The minimum Gasteiger partial charge on any atom is -0.394 e. The highest BCUT2D eigenvalue weighted by Gasteiger charge is 2.68. The first kappa shape index (κ1) is 18.3. The van der Waals surface area contributed by atoms with Crippen molar-refractivity contribution in [3.8, 4) is 0 Å². The van der Waals surface area contributed by atoms with Crippen molar-refractivity contribution in [1.29, 1.82) is 0 Å². The van der Waals surface area contributed by atoms with E-state index in [1.54, 1.807) is 11.0 Å². The lowest BCUT2D eigenvalue weighted by Crippen LogP contribution is -2.86. The van der Waals surface area contributed by atoms with Gasteiger partial charge in [0.2, 0.25) is 5.91 Å². The highest BCUT2D eigenvalue weighted by atomic mass is 19.1. The van der Waals surface area contributed by atoms with Crippen LogP contribution in [0, 0.1) is 11.7 Å². The van der Waals surface area contributed by atoms with Gasteiger partial charge in [-0.15, -0.1) is 0 Å². The molecule has 1 saturated carbocycles. The highest BCUT2D eigenvalue weighted by Crippen LogP contribution is 2.55. The summed E-state index contributed by atoms with van der Waals surface area (Å²) in [6, 6.07) is 15.3.